The minimum Gasteiger partial charge on any atom is -0.442 e. The van der Waals surface area contributed by atoms with E-state index in [1.807, 2.05) is 0 Å². The Morgan fingerprint density at radius 3 is 2.69 bits per heavy atom. The zero-order valence-corrected chi connectivity index (χ0v) is 12.9. The predicted molar refractivity (Wildman–Crippen MR) is 79.7 cm³/mol. The largest absolute Gasteiger partial charge is 0.442 e. The number of benzene rings is 1. The van der Waals surface area contributed by atoms with Gasteiger partial charge in [-0.25, -0.2) is 4.79 Å². The quantitative estimate of drug-likeness (QED) is 0.656. The number of carbonyl (C=O) groups excluding carboxylic acids is 1. The Morgan fingerprint density at radius 2 is 2.08 bits per heavy atom. The third-order valence-electron chi connectivity index (χ3n) is 3.45. The first-order valence-corrected chi connectivity index (χ1v) is 7.21. The minimum absolute atomic E-state index is 0.0414. The van der Waals surface area contributed by atoms with E-state index >= 15 is 0 Å². The van der Waals surface area contributed by atoms with Gasteiger partial charge in [0.25, 0.3) is 0 Å². The molecule has 0 aliphatic carbocycles. The molecule has 0 unspecified atom stereocenters. The number of hydrogen-bond donors (Lipinski definition) is 1. The maximum absolute atomic E-state index is 12.5. The van der Waals surface area contributed by atoms with Gasteiger partial charge in [0.2, 0.25) is 0 Å². The molecule has 1 N–H and O–H groups in total. The Morgan fingerprint density at radius 1 is 1.38 bits per heavy atom. The molecule has 0 saturated heterocycles. The lowest BCUT2D eigenvalue weighted by molar-refractivity contribution is -0.389. The van der Waals surface area contributed by atoms with Gasteiger partial charge in [-0.1, -0.05) is 0 Å². The van der Waals surface area contributed by atoms with E-state index in [0.29, 0.717) is 0 Å². The molecule has 1 atom stereocenters. The summed E-state index contributed by atoms with van der Waals surface area (Å²) >= 11 is 0. The van der Waals surface area contributed by atoms with Gasteiger partial charge in [-0.15, -0.1) is 0 Å². The number of ether oxygens (including phenoxy) is 2. The molecule has 9 nitrogen and oxygen atoms in total. The van der Waals surface area contributed by atoms with Gasteiger partial charge >= 0.3 is 24.1 Å². The average molecular weight is 372 g/mol. The van der Waals surface area contributed by atoms with Crippen molar-refractivity contribution in [2.75, 3.05) is 11.9 Å². The molecule has 1 aromatic carbocycles. The SMILES string of the molecule is O=C(Nc1ccc(C(F)(F)F)cc1)O[C@@H]1COc2nc([N+](=O)[O-])cn2C1. The Hall–Kier alpha value is -3.31. The summed E-state index contributed by atoms with van der Waals surface area (Å²) in [6, 6.07) is 3.89. The van der Waals surface area contributed by atoms with Crippen LogP contribution in [0.4, 0.5) is 29.5 Å². The molecule has 1 aromatic heterocycles. The molecule has 1 aliphatic heterocycles. The van der Waals surface area contributed by atoms with Gasteiger partial charge in [-0.05, 0) is 29.2 Å². The van der Waals surface area contributed by atoms with Crippen LogP contribution in [-0.2, 0) is 17.5 Å². The van der Waals surface area contributed by atoms with E-state index in [0.717, 1.165) is 30.5 Å². The van der Waals surface area contributed by atoms with E-state index in [-0.39, 0.29) is 24.8 Å². The first-order valence-electron chi connectivity index (χ1n) is 7.21. The van der Waals surface area contributed by atoms with Crippen molar-refractivity contribution in [2.24, 2.45) is 0 Å². The number of fused-ring (bicyclic) bond motifs is 1. The molecule has 26 heavy (non-hydrogen) atoms. The highest BCUT2D eigenvalue weighted by molar-refractivity contribution is 5.84. The monoisotopic (exact) mass is 372 g/mol. The second-order valence-electron chi connectivity index (χ2n) is 5.33. The fourth-order valence-electron chi connectivity index (χ4n) is 2.27. The van der Waals surface area contributed by atoms with Crippen LogP contribution in [0.15, 0.2) is 30.5 Å². The lowest BCUT2D eigenvalue weighted by Crippen LogP contribution is -2.35. The number of alkyl halides is 3. The summed E-state index contributed by atoms with van der Waals surface area (Å²) < 4.78 is 49.1. The average Bonchev–Trinajstić information content (AvgIpc) is 2.98. The third-order valence-corrected chi connectivity index (χ3v) is 3.45. The zero-order valence-electron chi connectivity index (χ0n) is 12.9. The van der Waals surface area contributed by atoms with Crippen molar-refractivity contribution >= 4 is 17.6 Å². The van der Waals surface area contributed by atoms with Crippen LogP contribution in [-0.4, -0.2) is 33.3 Å². The molecule has 0 saturated carbocycles. The van der Waals surface area contributed by atoms with E-state index in [1.54, 1.807) is 0 Å². The van der Waals surface area contributed by atoms with Crippen molar-refractivity contribution in [2.45, 2.75) is 18.8 Å². The van der Waals surface area contributed by atoms with Crippen molar-refractivity contribution in [1.29, 1.82) is 0 Å². The number of imidazole rings is 1. The summed E-state index contributed by atoms with van der Waals surface area (Å²) in [5.74, 6) is -0.394. The van der Waals surface area contributed by atoms with Gasteiger partial charge in [0.1, 0.15) is 12.8 Å². The predicted octanol–water partition coefficient (Wildman–Crippen LogP) is 2.82. The van der Waals surface area contributed by atoms with E-state index < -0.39 is 34.7 Å². The summed E-state index contributed by atoms with van der Waals surface area (Å²) in [7, 11) is 0. The Kier molecular flexibility index (Phi) is 4.40. The van der Waals surface area contributed by atoms with E-state index in [1.165, 1.54) is 4.57 Å². The summed E-state index contributed by atoms with van der Waals surface area (Å²) in [5, 5.41) is 13.0. The summed E-state index contributed by atoms with van der Waals surface area (Å²) in [6.45, 7) is 0.0329. The molecule has 2 aromatic rings. The number of rotatable bonds is 3. The highest BCUT2D eigenvalue weighted by Gasteiger charge is 2.31. The molecule has 2 heterocycles. The number of halogens is 3. The number of aromatic nitrogens is 2. The molecule has 12 heteroatoms. The molecule has 138 valence electrons. The van der Waals surface area contributed by atoms with E-state index in [2.05, 4.69) is 10.3 Å². The second-order valence-corrected chi connectivity index (χ2v) is 5.33. The number of nitrogens with one attached hydrogen (secondary N) is 1. The van der Waals surface area contributed by atoms with E-state index in [9.17, 15) is 28.1 Å². The highest BCUT2D eigenvalue weighted by atomic mass is 19.4. The molecule has 0 radical (unpaired) electrons. The molecule has 3 rings (SSSR count). The zero-order chi connectivity index (χ0) is 18.9. The Labute approximate surface area is 143 Å². The molecule has 0 spiro atoms. The number of amides is 1. The number of anilines is 1. The molecular weight excluding hydrogens is 361 g/mol. The van der Waals surface area contributed by atoms with Crippen molar-refractivity contribution in [3.8, 4) is 6.01 Å². The highest BCUT2D eigenvalue weighted by Crippen LogP contribution is 2.30. The van der Waals surface area contributed by atoms with Gasteiger partial charge in [-0.3, -0.25) is 9.88 Å². The van der Waals surface area contributed by atoms with Crippen LogP contribution in [0.2, 0.25) is 0 Å². The molecule has 0 fully saturated rings. The maximum atomic E-state index is 12.5. The van der Waals surface area contributed by atoms with Gasteiger partial charge < -0.3 is 19.6 Å². The standard InChI is InChI=1S/C14H11F3N4O5/c15-14(16,17)8-1-3-9(4-2-8)18-13(22)26-10-5-20-6-11(21(23)24)19-12(20)25-7-10/h1-4,6,10H,5,7H2,(H,18,22)/t10-/m0/s1. The number of nitro groups is 1. The van der Waals surface area contributed by atoms with Crippen LogP contribution in [0.1, 0.15) is 5.56 Å². The van der Waals surface area contributed by atoms with E-state index in [4.69, 9.17) is 9.47 Å². The van der Waals surface area contributed by atoms with Crippen molar-refractivity contribution in [3.05, 3.63) is 46.1 Å². The van der Waals surface area contributed by atoms with Gasteiger partial charge in [-0.2, -0.15) is 13.2 Å². The van der Waals surface area contributed by atoms with Gasteiger partial charge in [0, 0.05) is 10.7 Å². The van der Waals surface area contributed by atoms with Crippen LogP contribution in [0.5, 0.6) is 6.01 Å². The fourth-order valence-corrected chi connectivity index (χ4v) is 2.27. The third kappa shape index (κ3) is 3.84. The Balaban J connectivity index is 1.57. The number of nitrogens with zero attached hydrogens (tertiary/aromatic N) is 3. The van der Waals surface area contributed by atoms with Crippen LogP contribution in [0.3, 0.4) is 0 Å². The van der Waals surface area contributed by atoms with Crippen molar-refractivity contribution in [3.63, 3.8) is 0 Å². The minimum atomic E-state index is -4.47. The van der Waals surface area contributed by atoms with Crippen molar-refractivity contribution in [1.82, 2.24) is 9.55 Å². The van der Waals surface area contributed by atoms with Crippen LogP contribution in [0, 0.1) is 10.1 Å². The van der Waals surface area contributed by atoms with Crippen LogP contribution < -0.4 is 10.1 Å². The topological polar surface area (TPSA) is 109 Å². The lowest BCUT2D eigenvalue weighted by Gasteiger charge is -2.22. The Bertz CT molecular complexity index is 834. The fraction of sp³-hybridized carbons (Fsp3) is 0.286. The van der Waals surface area contributed by atoms with Gasteiger partial charge in [0.05, 0.1) is 12.1 Å². The maximum Gasteiger partial charge on any atom is 0.416 e. The lowest BCUT2D eigenvalue weighted by atomic mass is 10.2. The van der Waals surface area contributed by atoms with Crippen molar-refractivity contribution < 1.29 is 32.4 Å². The second kappa shape index (κ2) is 6.54. The summed E-state index contributed by atoms with van der Waals surface area (Å²) in [5.41, 5.74) is -0.718. The summed E-state index contributed by atoms with van der Waals surface area (Å²) in [4.78, 5) is 25.5. The normalized spacial score (nSPS) is 16.3. The van der Waals surface area contributed by atoms with Crippen LogP contribution >= 0.6 is 0 Å². The molecule has 0 bridgehead atoms. The smallest absolute Gasteiger partial charge is 0.416 e. The number of carbonyl (C=O) groups is 1. The van der Waals surface area contributed by atoms with Gasteiger partial charge in [0.15, 0.2) is 6.10 Å². The molecular formula is C14H11F3N4O5. The first-order chi connectivity index (χ1) is 12.2. The first kappa shape index (κ1) is 17.5. The number of hydrogen-bond acceptors (Lipinski definition) is 6. The summed E-state index contributed by atoms with van der Waals surface area (Å²) in [6.07, 6.45) is -4.95. The van der Waals surface area contributed by atoms with Crippen LogP contribution in [0.25, 0.3) is 0 Å². The molecule has 1 amide bonds. The molecule has 1 aliphatic rings.